The van der Waals surface area contributed by atoms with E-state index in [0.29, 0.717) is 33.8 Å². The molecule has 0 saturated heterocycles. The van der Waals surface area contributed by atoms with Crippen molar-refractivity contribution < 1.29 is 18.4 Å². The molecule has 0 radical (unpaired) electrons. The fourth-order valence-electron chi connectivity index (χ4n) is 2.79. The average molecular weight is 482 g/mol. The van der Waals surface area contributed by atoms with Gasteiger partial charge >= 0.3 is 5.97 Å². The number of nitrogens with zero attached hydrogens (tertiary/aromatic N) is 3. The van der Waals surface area contributed by atoms with Crippen molar-refractivity contribution in [1.82, 2.24) is 15.0 Å². The van der Waals surface area contributed by atoms with Gasteiger partial charge in [0.1, 0.15) is 29.9 Å². The third-order valence-electron chi connectivity index (χ3n) is 4.27. The van der Waals surface area contributed by atoms with Crippen LogP contribution >= 0.6 is 34.4 Å². The molecule has 0 aliphatic heterocycles. The molecule has 5 aromatic heterocycles. The zero-order valence-electron chi connectivity index (χ0n) is 16.5. The molecule has 0 aliphatic carbocycles. The molecule has 0 aromatic carbocycles. The lowest BCUT2D eigenvalue weighted by Crippen LogP contribution is -2.08. The van der Waals surface area contributed by atoms with Crippen LogP contribution < -0.4 is 0 Å². The average Bonchev–Trinajstić information content (AvgIpc) is 3.63. The number of thioether (sulfide) groups is 1. The number of rotatable bonds is 8. The lowest BCUT2D eigenvalue weighted by atomic mass is 10.3. The summed E-state index contributed by atoms with van der Waals surface area (Å²) in [6.45, 7) is 0.0141. The van der Waals surface area contributed by atoms with E-state index in [9.17, 15) is 4.79 Å². The van der Waals surface area contributed by atoms with Crippen LogP contribution in [0.2, 0.25) is 0 Å². The lowest BCUT2D eigenvalue weighted by molar-refractivity contribution is 0.0462. The van der Waals surface area contributed by atoms with Gasteiger partial charge in [-0.3, -0.25) is 0 Å². The molecule has 5 aromatic rings. The third kappa shape index (κ3) is 4.67. The first-order valence-electron chi connectivity index (χ1n) is 9.48. The standard InChI is InChI=1S/C22H15N3O4S3/c26-22(29-11-14-10-27-19(24-14)17-5-2-8-30-17)16-4-1-7-23-21(16)32-13-15-12-28-20(25-15)18-6-3-9-31-18/h1-10,12H,11,13H2. The molecule has 10 heteroatoms. The number of oxazole rings is 2. The van der Waals surface area contributed by atoms with Gasteiger partial charge < -0.3 is 13.6 Å². The molecule has 0 saturated carbocycles. The van der Waals surface area contributed by atoms with Crippen molar-refractivity contribution in [1.29, 1.82) is 0 Å². The smallest absolute Gasteiger partial charge is 0.341 e. The first kappa shape index (κ1) is 20.7. The molecule has 0 amide bonds. The Kier molecular flexibility index (Phi) is 6.15. The molecule has 160 valence electrons. The van der Waals surface area contributed by atoms with E-state index < -0.39 is 5.97 Å². The molecule has 0 fully saturated rings. The number of carbonyl (C=O) groups excluding carboxylic acids is 1. The molecule has 0 N–H and O–H groups in total. The van der Waals surface area contributed by atoms with Gasteiger partial charge in [-0.05, 0) is 35.0 Å². The van der Waals surface area contributed by atoms with E-state index in [4.69, 9.17) is 13.6 Å². The first-order valence-corrected chi connectivity index (χ1v) is 12.2. The highest BCUT2D eigenvalue weighted by Crippen LogP contribution is 2.28. The van der Waals surface area contributed by atoms with Gasteiger partial charge in [0.15, 0.2) is 0 Å². The van der Waals surface area contributed by atoms with Gasteiger partial charge in [0.25, 0.3) is 0 Å². The Hall–Kier alpha value is -3.21. The van der Waals surface area contributed by atoms with Crippen molar-refractivity contribution in [3.05, 3.63) is 82.8 Å². The van der Waals surface area contributed by atoms with E-state index in [2.05, 4.69) is 15.0 Å². The lowest BCUT2D eigenvalue weighted by Gasteiger charge is -2.07. The maximum atomic E-state index is 12.7. The summed E-state index contributed by atoms with van der Waals surface area (Å²) in [4.78, 5) is 27.8. The third-order valence-corrected chi connectivity index (χ3v) is 7.02. The summed E-state index contributed by atoms with van der Waals surface area (Å²) in [7, 11) is 0. The van der Waals surface area contributed by atoms with Gasteiger partial charge in [-0.1, -0.05) is 23.9 Å². The molecule has 0 aliphatic rings. The number of ether oxygens (including phenoxy) is 1. The Morgan fingerprint density at radius 1 is 0.938 bits per heavy atom. The van der Waals surface area contributed by atoms with Gasteiger partial charge in [-0.2, -0.15) is 0 Å². The van der Waals surface area contributed by atoms with Gasteiger partial charge in [-0.15, -0.1) is 22.7 Å². The van der Waals surface area contributed by atoms with Crippen molar-refractivity contribution >= 4 is 40.4 Å². The molecule has 0 unspecified atom stereocenters. The van der Waals surface area contributed by atoms with Crippen LogP contribution in [0.3, 0.4) is 0 Å². The largest absolute Gasteiger partial charge is 0.455 e. The molecule has 0 bridgehead atoms. The molecule has 0 atom stereocenters. The maximum Gasteiger partial charge on any atom is 0.341 e. The topological polar surface area (TPSA) is 91.2 Å². The van der Waals surface area contributed by atoms with Crippen molar-refractivity contribution in [2.45, 2.75) is 17.4 Å². The summed E-state index contributed by atoms with van der Waals surface area (Å²) in [6, 6.07) is 11.1. The monoisotopic (exact) mass is 481 g/mol. The Balaban J connectivity index is 1.22. The SMILES string of the molecule is O=C(OCc1coc(-c2cccs2)n1)c1cccnc1SCc1coc(-c2cccs2)n1. The van der Waals surface area contributed by atoms with E-state index in [1.54, 1.807) is 35.9 Å². The number of carbonyl (C=O) groups is 1. The minimum atomic E-state index is -0.472. The fraction of sp³-hybridized carbons (Fsp3) is 0.0909. The Bertz CT molecular complexity index is 1310. The highest BCUT2D eigenvalue weighted by molar-refractivity contribution is 7.98. The summed E-state index contributed by atoms with van der Waals surface area (Å²) < 4.78 is 16.5. The van der Waals surface area contributed by atoms with Crippen LogP contribution in [0, 0.1) is 0 Å². The van der Waals surface area contributed by atoms with Crippen LogP contribution in [0.4, 0.5) is 0 Å². The summed E-state index contributed by atoms with van der Waals surface area (Å²) in [5, 5.41) is 4.49. The predicted octanol–water partition coefficient (Wildman–Crippen LogP) is 6.16. The number of aromatic nitrogens is 3. The van der Waals surface area contributed by atoms with Gasteiger partial charge in [0.2, 0.25) is 11.8 Å². The number of thiophene rings is 2. The molecular weight excluding hydrogens is 466 g/mol. The summed E-state index contributed by atoms with van der Waals surface area (Å²) >= 11 is 4.50. The minimum absolute atomic E-state index is 0.0141. The van der Waals surface area contributed by atoms with Crippen LogP contribution in [0.5, 0.6) is 0 Å². The zero-order chi connectivity index (χ0) is 21.8. The van der Waals surface area contributed by atoms with E-state index in [1.807, 2.05) is 35.0 Å². The molecule has 32 heavy (non-hydrogen) atoms. The molecule has 7 nitrogen and oxygen atoms in total. The first-order chi connectivity index (χ1) is 15.8. The van der Waals surface area contributed by atoms with Gasteiger partial charge in [-0.25, -0.2) is 19.7 Å². The number of hydrogen-bond donors (Lipinski definition) is 0. The van der Waals surface area contributed by atoms with E-state index >= 15 is 0 Å². The maximum absolute atomic E-state index is 12.7. The zero-order valence-corrected chi connectivity index (χ0v) is 18.9. The van der Waals surface area contributed by atoms with Crippen LogP contribution in [0.15, 0.2) is 79.7 Å². The molecule has 5 heterocycles. The summed E-state index contributed by atoms with van der Waals surface area (Å²) in [5.74, 6) is 1.14. The predicted molar refractivity (Wildman–Crippen MR) is 123 cm³/mol. The van der Waals surface area contributed by atoms with Crippen LogP contribution in [-0.2, 0) is 17.1 Å². The second kappa shape index (κ2) is 9.51. The Morgan fingerprint density at radius 2 is 1.62 bits per heavy atom. The van der Waals surface area contributed by atoms with Gasteiger partial charge in [0.05, 0.1) is 21.0 Å². The number of pyridine rings is 1. The minimum Gasteiger partial charge on any atom is -0.455 e. The number of hydrogen-bond acceptors (Lipinski definition) is 10. The fourth-order valence-corrected chi connectivity index (χ4v) is 4.96. The second-order valence-electron chi connectivity index (χ2n) is 6.46. The van der Waals surface area contributed by atoms with Crippen LogP contribution in [-0.4, -0.2) is 20.9 Å². The van der Waals surface area contributed by atoms with Crippen molar-refractivity contribution in [3.63, 3.8) is 0 Å². The summed E-state index contributed by atoms with van der Waals surface area (Å²) in [6.07, 6.45) is 4.76. The summed E-state index contributed by atoms with van der Waals surface area (Å²) in [5.41, 5.74) is 1.71. The number of esters is 1. The highest BCUT2D eigenvalue weighted by Gasteiger charge is 2.17. The quantitative estimate of drug-likeness (QED) is 0.192. The van der Waals surface area contributed by atoms with E-state index in [0.717, 1.165) is 15.4 Å². The molecule has 5 rings (SSSR count). The Labute approximate surface area is 195 Å². The van der Waals surface area contributed by atoms with Crippen LogP contribution in [0.1, 0.15) is 21.7 Å². The Morgan fingerprint density at radius 3 is 2.31 bits per heavy atom. The van der Waals surface area contributed by atoms with Gasteiger partial charge in [0, 0.05) is 11.9 Å². The van der Waals surface area contributed by atoms with Crippen molar-refractivity contribution in [2.75, 3.05) is 0 Å². The van der Waals surface area contributed by atoms with Crippen molar-refractivity contribution in [3.8, 4) is 21.5 Å². The molecular formula is C22H15N3O4S3. The second-order valence-corrected chi connectivity index (χ2v) is 9.32. The van der Waals surface area contributed by atoms with Crippen molar-refractivity contribution in [2.24, 2.45) is 0 Å². The highest BCUT2D eigenvalue weighted by atomic mass is 32.2. The van der Waals surface area contributed by atoms with Crippen LogP contribution in [0.25, 0.3) is 21.5 Å². The van der Waals surface area contributed by atoms with E-state index in [1.165, 1.54) is 29.4 Å². The molecule has 0 spiro atoms. The normalized spacial score (nSPS) is 11.0. The van der Waals surface area contributed by atoms with E-state index in [-0.39, 0.29) is 6.61 Å².